The van der Waals surface area contributed by atoms with Crippen LogP contribution < -0.4 is 9.47 Å². The molecule has 5 heteroatoms. The molecule has 17 heavy (non-hydrogen) atoms. The van der Waals surface area contributed by atoms with Gasteiger partial charge in [0.2, 0.25) is 0 Å². The Morgan fingerprint density at radius 3 is 2.76 bits per heavy atom. The predicted molar refractivity (Wildman–Crippen MR) is 60.1 cm³/mol. The van der Waals surface area contributed by atoms with Crippen LogP contribution in [0.25, 0.3) is 0 Å². The fraction of sp³-hybridized carbons (Fsp3) is 0.333. The lowest BCUT2D eigenvalue weighted by atomic mass is 10.2. The molecule has 0 heterocycles. The molecule has 0 saturated carbocycles. The Morgan fingerprint density at radius 1 is 1.53 bits per heavy atom. The summed E-state index contributed by atoms with van der Waals surface area (Å²) in [6, 6.07) is 6.71. The van der Waals surface area contributed by atoms with E-state index in [4.69, 9.17) is 19.8 Å². The van der Waals surface area contributed by atoms with Crippen LogP contribution in [0.1, 0.15) is 18.9 Å². The molecule has 1 aromatic carbocycles. The number of rotatable bonds is 5. The van der Waals surface area contributed by atoms with E-state index >= 15 is 0 Å². The van der Waals surface area contributed by atoms with Gasteiger partial charge in [0.25, 0.3) is 0 Å². The van der Waals surface area contributed by atoms with Crippen molar-refractivity contribution in [3.63, 3.8) is 0 Å². The second-order valence-corrected chi connectivity index (χ2v) is 3.50. The number of hydrogen-bond acceptors (Lipinski definition) is 4. The van der Waals surface area contributed by atoms with Crippen molar-refractivity contribution in [3.05, 3.63) is 23.8 Å². The number of methoxy groups -OCH3 is 1. The number of ether oxygens (including phenoxy) is 2. The fourth-order valence-electron chi connectivity index (χ4n) is 1.34. The van der Waals surface area contributed by atoms with Gasteiger partial charge in [-0.05, 0) is 19.1 Å². The highest BCUT2D eigenvalue weighted by atomic mass is 16.5. The van der Waals surface area contributed by atoms with Crippen LogP contribution in [0.3, 0.4) is 0 Å². The molecule has 1 rings (SSSR count). The number of hydrogen-bond donors (Lipinski definition) is 1. The first-order valence-electron chi connectivity index (χ1n) is 5.03. The Balaban J connectivity index is 2.84. The summed E-state index contributed by atoms with van der Waals surface area (Å²) in [6.07, 6.45) is -0.558. The Kier molecular flexibility index (Phi) is 4.35. The highest BCUT2D eigenvalue weighted by Crippen LogP contribution is 2.29. The maximum atomic E-state index is 10.5. The van der Waals surface area contributed by atoms with Crippen LogP contribution in [0.4, 0.5) is 0 Å². The van der Waals surface area contributed by atoms with Gasteiger partial charge in [-0.15, -0.1) is 0 Å². The van der Waals surface area contributed by atoms with E-state index < -0.39 is 12.1 Å². The summed E-state index contributed by atoms with van der Waals surface area (Å²) in [5, 5.41) is 17.3. The van der Waals surface area contributed by atoms with Crippen LogP contribution >= 0.6 is 0 Å². The van der Waals surface area contributed by atoms with Gasteiger partial charge in [-0.2, -0.15) is 5.26 Å². The Bertz CT molecular complexity index is 450. The van der Waals surface area contributed by atoms with E-state index in [9.17, 15) is 4.79 Å². The SMILES string of the molecule is COc1cc(C#N)ccc1O[C@@H](C)CC(=O)O. The van der Waals surface area contributed by atoms with Crippen molar-refractivity contribution in [2.45, 2.75) is 19.4 Å². The van der Waals surface area contributed by atoms with E-state index in [0.717, 1.165) is 0 Å². The van der Waals surface area contributed by atoms with Gasteiger partial charge in [-0.1, -0.05) is 0 Å². The molecule has 0 aliphatic carbocycles. The normalized spacial score (nSPS) is 11.4. The standard InChI is InChI=1S/C12H13NO4/c1-8(5-12(14)15)17-10-4-3-9(7-13)6-11(10)16-2/h3-4,6,8H,5H2,1-2H3,(H,14,15)/t8-/m0/s1. The quantitative estimate of drug-likeness (QED) is 0.841. The summed E-state index contributed by atoms with van der Waals surface area (Å²) in [6.45, 7) is 1.66. The van der Waals surface area contributed by atoms with Crippen molar-refractivity contribution in [2.24, 2.45) is 0 Å². The van der Waals surface area contributed by atoms with E-state index in [-0.39, 0.29) is 6.42 Å². The summed E-state index contributed by atoms with van der Waals surface area (Å²) >= 11 is 0. The molecule has 0 bridgehead atoms. The zero-order valence-electron chi connectivity index (χ0n) is 9.64. The minimum atomic E-state index is -0.926. The minimum absolute atomic E-state index is 0.0941. The zero-order valence-corrected chi connectivity index (χ0v) is 9.64. The van der Waals surface area contributed by atoms with Gasteiger partial charge in [0.15, 0.2) is 11.5 Å². The summed E-state index contributed by atoms with van der Waals surface area (Å²) in [4.78, 5) is 10.5. The third-order valence-electron chi connectivity index (χ3n) is 2.08. The molecule has 0 aliphatic rings. The number of nitriles is 1. The lowest BCUT2D eigenvalue weighted by Gasteiger charge is -2.15. The molecular formula is C12H13NO4. The van der Waals surface area contributed by atoms with Gasteiger partial charge in [0, 0.05) is 6.07 Å². The molecule has 5 nitrogen and oxygen atoms in total. The van der Waals surface area contributed by atoms with E-state index in [1.165, 1.54) is 7.11 Å². The molecule has 0 amide bonds. The van der Waals surface area contributed by atoms with Crippen LogP contribution in [0.15, 0.2) is 18.2 Å². The van der Waals surface area contributed by atoms with Crippen molar-refractivity contribution < 1.29 is 19.4 Å². The highest BCUT2D eigenvalue weighted by Gasteiger charge is 2.12. The van der Waals surface area contributed by atoms with Crippen molar-refractivity contribution in [1.82, 2.24) is 0 Å². The van der Waals surface area contributed by atoms with Gasteiger partial charge in [-0.25, -0.2) is 0 Å². The van der Waals surface area contributed by atoms with E-state index in [2.05, 4.69) is 0 Å². The Morgan fingerprint density at radius 2 is 2.24 bits per heavy atom. The topological polar surface area (TPSA) is 79.5 Å². The average Bonchev–Trinajstić information content (AvgIpc) is 2.28. The lowest BCUT2D eigenvalue weighted by Crippen LogP contribution is -2.16. The molecule has 0 saturated heterocycles. The van der Waals surface area contributed by atoms with Crippen molar-refractivity contribution in [2.75, 3.05) is 7.11 Å². The molecule has 0 radical (unpaired) electrons. The second kappa shape index (κ2) is 5.75. The predicted octanol–water partition coefficient (Wildman–Crippen LogP) is 1.81. The third kappa shape index (κ3) is 3.68. The third-order valence-corrected chi connectivity index (χ3v) is 2.08. The molecule has 1 atom stereocenters. The fourth-order valence-corrected chi connectivity index (χ4v) is 1.34. The van der Waals surface area contributed by atoms with Crippen LogP contribution in [-0.4, -0.2) is 24.3 Å². The second-order valence-electron chi connectivity index (χ2n) is 3.50. The van der Waals surface area contributed by atoms with E-state index in [1.807, 2.05) is 6.07 Å². The molecule has 0 unspecified atom stereocenters. The smallest absolute Gasteiger partial charge is 0.307 e. The highest BCUT2D eigenvalue weighted by molar-refractivity contribution is 5.67. The molecule has 0 fully saturated rings. The molecule has 1 aromatic rings. The Labute approximate surface area is 99.2 Å². The Hall–Kier alpha value is -2.22. The summed E-state index contributed by atoms with van der Waals surface area (Å²) in [5.41, 5.74) is 0.458. The molecule has 1 N–H and O–H groups in total. The number of nitrogens with zero attached hydrogens (tertiary/aromatic N) is 1. The summed E-state index contributed by atoms with van der Waals surface area (Å²) < 4.78 is 10.5. The van der Waals surface area contributed by atoms with Gasteiger partial charge in [0.05, 0.1) is 25.2 Å². The number of carboxylic acids is 1. The first-order chi connectivity index (χ1) is 8.06. The van der Waals surface area contributed by atoms with Crippen LogP contribution in [0, 0.1) is 11.3 Å². The van der Waals surface area contributed by atoms with Crippen molar-refractivity contribution >= 4 is 5.97 Å². The maximum Gasteiger partial charge on any atom is 0.307 e. The van der Waals surface area contributed by atoms with Crippen LogP contribution in [0.5, 0.6) is 11.5 Å². The largest absolute Gasteiger partial charge is 0.493 e. The van der Waals surface area contributed by atoms with Crippen molar-refractivity contribution in [3.8, 4) is 17.6 Å². The van der Waals surface area contributed by atoms with Crippen LogP contribution in [0.2, 0.25) is 0 Å². The lowest BCUT2D eigenvalue weighted by molar-refractivity contribution is -0.138. The number of aliphatic carboxylic acids is 1. The first-order valence-corrected chi connectivity index (χ1v) is 5.03. The molecule has 0 aromatic heterocycles. The summed E-state index contributed by atoms with van der Waals surface area (Å²) in [7, 11) is 1.46. The zero-order chi connectivity index (χ0) is 12.8. The maximum absolute atomic E-state index is 10.5. The van der Waals surface area contributed by atoms with Crippen LogP contribution in [-0.2, 0) is 4.79 Å². The minimum Gasteiger partial charge on any atom is -0.493 e. The number of carbonyl (C=O) groups is 1. The molecular weight excluding hydrogens is 222 g/mol. The number of benzene rings is 1. The number of carboxylic acid groups (broad SMARTS) is 1. The van der Waals surface area contributed by atoms with E-state index in [1.54, 1.807) is 25.1 Å². The van der Waals surface area contributed by atoms with Gasteiger partial charge in [-0.3, -0.25) is 4.79 Å². The molecule has 0 aliphatic heterocycles. The first kappa shape index (κ1) is 12.8. The van der Waals surface area contributed by atoms with Gasteiger partial charge < -0.3 is 14.6 Å². The monoisotopic (exact) mass is 235 g/mol. The average molecular weight is 235 g/mol. The van der Waals surface area contributed by atoms with Crippen molar-refractivity contribution in [1.29, 1.82) is 5.26 Å². The molecule has 0 spiro atoms. The molecule has 90 valence electrons. The summed E-state index contributed by atoms with van der Waals surface area (Å²) in [5.74, 6) is -0.0772. The van der Waals surface area contributed by atoms with E-state index in [0.29, 0.717) is 17.1 Å². The van der Waals surface area contributed by atoms with Gasteiger partial charge >= 0.3 is 5.97 Å². The van der Waals surface area contributed by atoms with Gasteiger partial charge in [0.1, 0.15) is 6.10 Å².